The Kier molecular flexibility index (Phi) is 14.9. The van der Waals surface area contributed by atoms with E-state index in [1.165, 1.54) is 6.08 Å². The fourth-order valence-electron chi connectivity index (χ4n) is 6.55. The first-order chi connectivity index (χ1) is 22.9. The molecule has 260 valence electrons. The fourth-order valence-corrected chi connectivity index (χ4v) is 12.1. The van der Waals surface area contributed by atoms with Gasteiger partial charge in [-0.25, -0.2) is 4.79 Å². The molecule has 48 heavy (non-hydrogen) atoms. The molecular formula is C40H54O7Si. The fraction of sp³-hybridized carbons (Fsp3) is 0.450. The SMILES string of the molecule is C=CCOC(=O)C[C@@H](C)OC(=O)c1c(C[C@@H](C)O[Si](C(C)C)(C(C)C)C(C)C)cc(OCc2ccccc2)cc1OCc1ccccc1. The highest BCUT2D eigenvalue weighted by atomic mass is 28.4. The van der Waals surface area contributed by atoms with Crippen LogP contribution in [0.3, 0.4) is 0 Å². The smallest absolute Gasteiger partial charge is 0.342 e. The zero-order chi connectivity index (χ0) is 35.3. The van der Waals surface area contributed by atoms with Gasteiger partial charge in [-0.15, -0.1) is 0 Å². The second-order valence-corrected chi connectivity index (χ2v) is 18.8. The summed E-state index contributed by atoms with van der Waals surface area (Å²) in [7, 11) is -2.23. The quantitative estimate of drug-likeness (QED) is 0.0712. The maximum Gasteiger partial charge on any atom is 0.342 e. The topological polar surface area (TPSA) is 80.3 Å². The van der Waals surface area contributed by atoms with Gasteiger partial charge in [-0.05, 0) is 59.6 Å². The van der Waals surface area contributed by atoms with Crippen LogP contribution < -0.4 is 9.47 Å². The molecule has 0 fully saturated rings. The number of rotatable bonds is 19. The minimum absolute atomic E-state index is 0.0851. The summed E-state index contributed by atoms with van der Waals surface area (Å²) in [5.41, 5.74) is 4.16. The van der Waals surface area contributed by atoms with Crippen LogP contribution in [0, 0.1) is 0 Å². The Balaban J connectivity index is 2.06. The normalized spacial score (nSPS) is 12.9. The zero-order valence-corrected chi connectivity index (χ0v) is 31.0. The Morgan fingerprint density at radius 3 is 1.81 bits per heavy atom. The first kappa shape index (κ1) is 38.6. The van der Waals surface area contributed by atoms with Crippen LogP contribution in [0.1, 0.15) is 88.9 Å². The van der Waals surface area contributed by atoms with E-state index in [2.05, 4.69) is 55.0 Å². The molecule has 3 rings (SSSR count). The van der Waals surface area contributed by atoms with E-state index in [0.29, 0.717) is 52.3 Å². The lowest BCUT2D eigenvalue weighted by Gasteiger charge is -2.44. The molecule has 2 atom stereocenters. The maximum absolute atomic E-state index is 14.0. The number of hydrogen-bond donors (Lipinski definition) is 0. The molecule has 0 aromatic heterocycles. The van der Waals surface area contributed by atoms with Crippen molar-refractivity contribution >= 4 is 20.3 Å². The summed E-state index contributed by atoms with van der Waals surface area (Å²) in [5, 5.41) is 0. The van der Waals surface area contributed by atoms with Crippen molar-refractivity contribution in [2.75, 3.05) is 6.61 Å². The van der Waals surface area contributed by atoms with Gasteiger partial charge in [0.15, 0.2) is 0 Å². The molecule has 0 radical (unpaired) electrons. The van der Waals surface area contributed by atoms with E-state index in [4.69, 9.17) is 23.4 Å². The molecule has 0 N–H and O–H groups in total. The number of benzene rings is 3. The summed E-state index contributed by atoms with van der Waals surface area (Å²) in [6, 6.07) is 23.3. The highest BCUT2D eigenvalue weighted by Gasteiger charge is 2.46. The number of carbonyl (C=O) groups is 2. The molecule has 0 spiro atoms. The zero-order valence-electron chi connectivity index (χ0n) is 30.0. The number of ether oxygens (including phenoxy) is 4. The van der Waals surface area contributed by atoms with Crippen LogP contribution in [0.15, 0.2) is 85.5 Å². The van der Waals surface area contributed by atoms with Crippen LogP contribution in [0.5, 0.6) is 11.5 Å². The summed E-state index contributed by atoms with van der Waals surface area (Å²) in [4.78, 5) is 26.3. The van der Waals surface area contributed by atoms with E-state index in [0.717, 1.165) is 11.1 Å². The van der Waals surface area contributed by atoms with E-state index in [1.54, 1.807) is 13.0 Å². The van der Waals surface area contributed by atoms with Gasteiger partial charge < -0.3 is 23.4 Å². The van der Waals surface area contributed by atoms with Gasteiger partial charge in [0, 0.05) is 12.2 Å². The third-order valence-electron chi connectivity index (χ3n) is 8.59. The highest BCUT2D eigenvalue weighted by Crippen LogP contribution is 2.43. The molecule has 3 aromatic carbocycles. The molecule has 0 unspecified atom stereocenters. The van der Waals surface area contributed by atoms with Crippen molar-refractivity contribution in [1.82, 2.24) is 0 Å². The molecule has 3 aromatic rings. The predicted molar refractivity (Wildman–Crippen MR) is 194 cm³/mol. The van der Waals surface area contributed by atoms with Gasteiger partial charge in [-0.3, -0.25) is 4.79 Å². The number of carbonyl (C=O) groups excluding carboxylic acids is 2. The standard InChI is InChI=1S/C40H54O7Si/c1-10-21-43-38(41)23-31(8)46-40(42)39-35(22-32(9)47-48(28(2)3,29(4)5)30(6)7)24-36(44-26-33-17-13-11-14-18-33)25-37(39)45-27-34-19-15-12-16-20-34/h10-20,24-25,28-32H,1,21-23,26-27H2,2-9H3/t31-,32-/m1/s1. The average Bonchev–Trinajstić information content (AvgIpc) is 3.04. The Morgan fingerprint density at radius 1 is 0.750 bits per heavy atom. The number of hydrogen-bond acceptors (Lipinski definition) is 7. The van der Waals surface area contributed by atoms with E-state index in [1.807, 2.05) is 66.7 Å². The van der Waals surface area contributed by atoms with Crippen molar-refractivity contribution in [3.63, 3.8) is 0 Å². The van der Waals surface area contributed by atoms with Gasteiger partial charge in [0.05, 0.1) is 6.42 Å². The molecule has 0 aliphatic carbocycles. The predicted octanol–water partition coefficient (Wildman–Crippen LogP) is 9.63. The highest BCUT2D eigenvalue weighted by molar-refractivity contribution is 6.77. The minimum atomic E-state index is -2.23. The van der Waals surface area contributed by atoms with Crippen LogP contribution in [0.25, 0.3) is 0 Å². The van der Waals surface area contributed by atoms with Crippen molar-refractivity contribution in [2.24, 2.45) is 0 Å². The van der Waals surface area contributed by atoms with Gasteiger partial charge in [0.2, 0.25) is 8.32 Å². The van der Waals surface area contributed by atoms with Crippen LogP contribution in [-0.4, -0.2) is 39.1 Å². The molecule has 0 aliphatic heterocycles. The second kappa shape index (κ2) is 18.6. The maximum atomic E-state index is 14.0. The lowest BCUT2D eigenvalue weighted by atomic mass is 10.00. The Labute approximate surface area is 288 Å². The van der Waals surface area contributed by atoms with Crippen LogP contribution in [-0.2, 0) is 38.3 Å². The van der Waals surface area contributed by atoms with Crippen molar-refractivity contribution < 1.29 is 33.0 Å². The van der Waals surface area contributed by atoms with Gasteiger partial charge >= 0.3 is 11.9 Å². The van der Waals surface area contributed by atoms with Crippen molar-refractivity contribution in [1.29, 1.82) is 0 Å². The lowest BCUT2D eigenvalue weighted by Crippen LogP contribution is -2.50. The Bertz CT molecular complexity index is 1430. The van der Waals surface area contributed by atoms with E-state index < -0.39 is 26.4 Å². The summed E-state index contributed by atoms with van der Waals surface area (Å²) < 4.78 is 30.8. The molecular weight excluding hydrogens is 621 g/mol. The summed E-state index contributed by atoms with van der Waals surface area (Å²) in [6.07, 6.45) is 0.920. The van der Waals surface area contributed by atoms with Gasteiger partial charge in [0.25, 0.3) is 0 Å². The van der Waals surface area contributed by atoms with E-state index in [9.17, 15) is 9.59 Å². The van der Waals surface area contributed by atoms with Crippen LogP contribution >= 0.6 is 0 Å². The molecule has 0 bridgehead atoms. The molecule has 0 saturated carbocycles. The lowest BCUT2D eigenvalue weighted by molar-refractivity contribution is -0.144. The third kappa shape index (κ3) is 10.8. The Hall–Kier alpha value is -3.88. The van der Waals surface area contributed by atoms with Crippen LogP contribution in [0.2, 0.25) is 16.6 Å². The molecule has 7 nitrogen and oxygen atoms in total. The molecule has 8 heteroatoms. The van der Waals surface area contributed by atoms with E-state index >= 15 is 0 Å². The first-order valence-corrected chi connectivity index (χ1v) is 19.2. The van der Waals surface area contributed by atoms with Crippen molar-refractivity contribution in [3.05, 3.63) is 108 Å². The molecule has 0 aliphatic rings. The first-order valence-electron chi connectivity index (χ1n) is 17.0. The van der Waals surface area contributed by atoms with E-state index in [-0.39, 0.29) is 25.7 Å². The summed E-state index contributed by atoms with van der Waals surface area (Å²) in [5.74, 6) is -0.140. The minimum Gasteiger partial charge on any atom is -0.489 e. The van der Waals surface area contributed by atoms with Crippen LogP contribution in [0.4, 0.5) is 0 Å². The third-order valence-corrected chi connectivity index (χ3v) is 14.8. The van der Waals surface area contributed by atoms with Crippen molar-refractivity contribution in [2.45, 2.75) is 110 Å². The summed E-state index contributed by atoms with van der Waals surface area (Å²) in [6.45, 7) is 21.6. The molecule has 0 saturated heterocycles. The second-order valence-electron chi connectivity index (χ2n) is 13.3. The summed E-state index contributed by atoms with van der Waals surface area (Å²) >= 11 is 0. The average molecular weight is 675 g/mol. The van der Waals surface area contributed by atoms with Gasteiger partial charge in [-0.2, -0.15) is 0 Å². The van der Waals surface area contributed by atoms with Gasteiger partial charge in [0.1, 0.15) is 43.0 Å². The molecule has 0 heterocycles. The largest absolute Gasteiger partial charge is 0.489 e. The van der Waals surface area contributed by atoms with Crippen molar-refractivity contribution in [3.8, 4) is 11.5 Å². The monoisotopic (exact) mass is 674 g/mol. The van der Waals surface area contributed by atoms with Gasteiger partial charge in [-0.1, -0.05) is 115 Å². The Morgan fingerprint density at radius 2 is 1.29 bits per heavy atom. The molecule has 0 amide bonds. The number of esters is 2.